The monoisotopic (exact) mass is 321 g/mol. The summed E-state index contributed by atoms with van der Waals surface area (Å²) in [6.07, 6.45) is 2.35. The number of hydrogen-bond donors (Lipinski definition) is 1. The van der Waals surface area contributed by atoms with Crippen LogP contribution in [0.3, 0.4) is 0 Å². The number of benzene rings is 1. The van der Waals surface area contributed by atoms with E-state index in [0.717, 1.165) is 30.8 Å². The first-order chi connectivity index (χ1) is 11.1. The van der Waals surface area contributed by atoms with Crippen LogP contribution < -0.4 is 10.1 Å². The first-order valence-electron chi connectivity index (χ1n) is 8.37. The van der Waals surface area contributed by atoms with Gasteiger partial charge in [-0.05, 0) is 51.8 Å². The Morgan fingerprint density at radius 1 is 1.43 bits per heavy atom. The summed E-state index contributed by atoms with van der Waals surface area (Å²) < 4.78 is 16.8. The van der Waals surface area contributed by atoms with Crippen molar-refractivity contribution in [1.29, 1.82) is 0 Å². The summed E-state index contributed by atoms with van der Waals surface area (Å²) in [5.74, 6) is 0.679. The van der Waals surface area contributed by atoms with Crippen molar-refractivity contribution in [2.45, 2.75) is 52.4 Å². The molecule has 1 fully saturated rings. The number of carbonyl (C=O) groups is 1. The third-order valence-electron chi connectivity index (χ3n) is 3.71. The summed E-state index contributed by atoms with van der Waals surface area (Å²) in [5.41, 5.74) is 1.51. The van der Waals surface area contributed by atoms with E-state index in [1.165, 1.54) is 0 Å². The molecule has 1 atom stereocenters. The Bertz CT molecular complexity index is 510. The Balaban J connectivity index is 2.01. The van der Waals surface area contributed by atoms with E-state index in [2.05, 4.69) is 5.32 Å². The largest absolute Gasteiger partial charge is 0.494 e. The first kappa shape index (κ1) is 17.8. The van der Waals surface area contributed by atoms with Gasteiger partial charge in [0.15, 0.2) is 0 Å². The molecular formula is C18H27NO4. The molecule has 1 aromatic rings. The zero-order valence-electron chi connectivity index (χ0n) is 14.3. The average molecular weight is 321 g/mol. The molecule has 1 unspecified atom stereocenters. The molecule has 1 aromatic carbocycles. The lowest BCUT2D eigenvalue weighted by Gasteiger charge is -2.15. The van der Waals surface area contributed by atoms with Crippen LogP contribution >= 0.6 is 0 Å². The standard InChI is InChI=1S/C18H27NO4/c1-4-21-17-8-7-14(10-15(17)12-23-13(2)3)18(20)19-11-16-6-5-9-22-16/h7-8,10,13,16H,4-6,9,11-12H2,1-3H3,(H,19,20). The lowest BCUT2D eigenvalue weighted by molar-refractivity contribution is 0.0641. The summed E-state index contributed by atoms with van der Waals surface area (Å²) in [6, 6.07) is 5.47. The number of nitrogens with one attached hydrogen (secondary N) is 1. The molecule has 5 nitrogen and oxygen atoms in total. The zero-order valence-corrected chi connectivity index (χ0v) is 14.3. The molecule has 23 heavy (non-hydrogen) atoms. The van der Waals surface area contributed by atoms with Crippen molar-refractivity contribution in [3.8, 4) is 5.75 Å². The fourth-order valence-electron chi connectivity index (χ4n) is 2.50. The number of ether oxygens (including phenoxy) is 3. The molecule has 1 heterocycles. The topological polar surface area (TPSA) is 56.8 Å². The Hall–Kier alpha value is -1.59. The van der Waals surface area contributed by atoms with E-state index in [0.29, 0.717) is 25.3 Å². The molecule has 1 saturated heterocycles. The Morgan fingerprint density at radius 2 is 2.26 bits per heavy atom. The van der Waals surface area contributed by atoms with E-state index in [1.54, 1.807) is 6.07 Å². The second kappa shape index (κ2) is 8.89. The number of hydrogen-bond acceptors (Lipinski definition) is 4. The van der Waals surface area contributed by atoms with Crippen molar-refractivity contribution in [1.82, 2.24) is 5.32 Å². The summed E-state index contributed by atoms with van der Waals surface area (Å²) in [4.78, 5) is 12.3. The average Bonchev–Trinajstić information content (AvgIpc) is 3.05. The smallest absolute Gasteiger partial charge is 0.251 e. The fourth-order valence-corrected chi connectivity index (χ4v) is 2.50. The summed E-state index contributed by atoms with van der Waals surface area (Å²) in [5, 5.41) is 2.94. The number of amides is 1. The van der Waals surface area contributed by atoms with Crippen molar-refractivity contribution in [2.75, 3.05) is 19.8 Å². The highest BCUT2D eigenvalue weighted by Gasteiger charge is 2.17. The zero-order chi connectivity index (χ0) is 16.7. The molecule has 1 aliphatic rings. The third kappa shape index (κ3) is 5.52. The molecule has 0 aromatic heterocycles. The molecule has 0 radical (unpaired) electrons. The van der Waals surface area contributed by atoms with Crippen molar-refractivity contribution in [2.24, 2.45) is 0 Å². The Morgan fingerprint density at radius 3 is 2.91 bits per heavy atom. The van der Waals surface area contributed by atoms with Crippen LogP contribution in [0.4, 0.5) is 0 Å². The molecule has 1 N–H and O–H groups in total. The highest BCUT2D eigenvalue weighted by atomic mass is 16.5. The molecule has 2 rings (SSSR count). The molecule has 5 heteroatoms. The molecule has 128 valence electrons. The molecule has 0 bridgehead atoms. The maximum Gasteiger partial charge on any atom is 0.251 e. The van der Waals surface area contributed by atoms with E-state index in [4.69, 9.17) is 14.2 Å². The molecule has 0 saturated carbocycles. The maximum atomic E-state index is 12.3. The predicted molar refractivity (Wildman–Crippen MR) is 88.8 cm³/mol. The number of carbonyl (C=O) groups excluding carboxylic acids is 1. The molecule has 0 aliphatic carbocycles. The summed E-state index contributed by atoms with van der Waals surface area (Å²) in [7, 11) is 0. The highest BCUT2D eigenvalue weighted by Crippen LogP contribution is 2.22. The minimum absolute atomic E-state index is 0.0886. The Kier molecular flexibility index (Phi) is 6.86. The minimum Gasteiger partial charge on any atom is -0.494 e. The van der Waals surface area contributed by atoms with Gasteiger partial charge in [0.25, 0.3) is 5.91 Å². The van der Waals surface area contributed by atoms with Gasteiger partial charge in [-0.1, -0.05) is 0 Å². The summed E-state index contributed by atoms with van der Waals surface area (Å²) >= 11 is 0. The molecule has 1 amide bonds. The number of rotatable bonds is 8. The van der Waals surface area contributed by atoms with E-state index in [9.17, 15) is 4.79 Å². The van der Waals surface area contributed by atoms with Crippen molar-refractivity contribution >= 4 is 5.91 Å². The van der Waals surface area contributed by atoms with Gasteiger partial charge in [0.05, 0.1) is 25.4 Å². The molecule has 0 spiro atoms. The minimum atomic E-state index is -0.0886. The quantitative estimate of drug-likeness (QED) is 0.800. The lowest BCUT2D eigenvalue weighted by atomic mass is 10.1. The molecule has 1 aliphatic heterocycles. The van der Waals surface area contributed by atoms with Gasteiger partial charge in [-0.3, -0.25) is 4.79 Å². The molecular weight excluding hydrogens is 294 g/mol. The fraction of sp³-hybridized carbons (Fsp3) is 0.611. The van der Waals surface area contributed by atoms with Crippen molar-refractivity contribution in [3.63, 3.8) is 0 Å². The van der Waals surface area contributed by atoms with Crippen LogP contribution in [0.5, 0.6) is 5.75 Å². The van der Waals surface area contributed by atoms with Crippen LogP contribution in [0.2, 0.25) is 0 Å². The van der Waals surface area contributed by atoms with Gasteiger partial charge in [-0.2, -0.15) is 0 Å². The second-order valence-corrected chi connectivity index (χ2v) is 5.96. The van der Waals surface area contributed by atoms with Crippen LogP contribution in [-0.4, -0.2) is 37.9 Å². The van der Waals surface area contributed by atoms with Crippen LogP contribution in [0.1, 0.15) is 49.5 Å². The van der Waals surface area contributed by atoms with Gasteiger partial charge in [0.1, 0.15) is 5.75 Å². The van der Waals surface area contributed by atoms with Gasteiger partial charge in [-0.25, -0.2) is 0 Å². The SMILES string of the molecule is CCOc1ccc(C(=O)NCC2CCCO2)cc1COC(C)C. The maximum absolute atomic E-state index is 12.3. The third-order valence-corrected chi connectivity index (χ3v) is 3.71. The van der Waals surface area contributed by atoms with Gasteiger partial charge in [0.2, 0.25) is 0 Å². The van der Waals surface area contributed by atoms with Gasteiger partial charge >= 0.3 is 0 Å². The van der Waals surface area contributed by atoms with E-state index in [1.807, 2.05) is 32.9 Å². The lowest BCUT2D eigenvalue weighted by Crippen LogP contribution is -2.31. The van der Waals surface area contributed by atoms with E-state index < -0.39 is 0 Å². The van der Waals surface area contributed by atoms with Crippen molar-refractivity contribution in [3.05, 3.63) is 29.3 Å². The van der Waals surface area contributed by atoms with E-state index >= 15 is 0 Å². The highest BCUT2D eigenvalue weighted by molar-refractivity contribution is 5.94. The van der Waals surface area contributed by atoms with Gasteiger partial charge < -0.3 is 19.5 Å². The second-order valence-electron chi connectivity index (χ2n) is 5.96. The van der Waals surface area contributed by atoms with Crippen LogP contribution in [0.15, 0.2) is 18.2 Å². The van der Waals surface area contributed by atoms with Crippen LogP contribution in [-0.2, 0) is 16.1 Å². The van der Waals surface area contributed by atoms with Gasteiger partial charge in [-0.15, -0.1) is 0 Å². The van der Waals surface area contributed by atoms with Crippen LogP contribution in [0, 0.1) is 0 Å². The summed E-state index contributed by atoms with van der Waals surface area (Å²) in [6.45, 7) is 8.27. The van der Waals surface area contributed by atoms with Gasteiger partial charge in [0, 0.05) is 24.3 Å². The first-order valence-corrected chi connectivity index (χ1v) is 8.37. The Labute approximate surface area is 138 Å². The van der Waals surface area contributed by atoms with E-state index in [-0.39, 0.29) is 18.1 Å². The normalized spacial score (nSPS) is 17.5. The van der Waals surface area contributed by atoms with Crippen molar-refractivity contribution < 1.29 is 19.0 Å². The predicted octanol–water partition coefficient (Wildman–Crippen LogP) is 2.92. The van der Waals surface area contributed by atoms with Crippen LogP contribution in [0.25, 0.3) is 0 Å².